The number of methoxy groups -OCH3 is 1. The van der Waals surface area contributed by atoms with Gasteiger partial charge in [-0.25, -0.2) is 0 Å². The van der Waals surface area contributed by atoms with Crippen LogP contribution in [0.1, 0.15) is 52.6 Å². The summed E-state index contributed by atoms with van der Waals surface area (Å²) in [6.45, 7) is 8.21. The van der Waals surface area contributed by atoms with Crippen LogP contribution in [0.5, 0.6) is 5.75 Å². The van der Waals surface area contributed by atoms with E-state index in [1.807, 2.05) is 20.8 Å². The van der Waals surface area contributed by atoms with Crippen LogP contribution >= 0.6 is 0 Å². The Morgan fingerprint density at radius 3 is 2.53 bits per heavy atom. The summed E-state index contributed by atoms with van der Waals surface area (Å²) in [4.78, 5) is 25.0. The van der Waals surface area contributed by atoms with E-state index in [1.165, 1.54) is 7.11 Å². The second-order valence-electron chi connectivity index (χ2n) is 8.12. The second kappa shape index (κ2) is 8.47. The number of carbonyl (C=O) groups is 2. The van der Waals surface area contributed by atoms with Crippen LogP contribution in [-0.2, 0) is 11.3 Å². The van der Waals surface area contributed by atoms with E-state index in [4.69, 9.17) is 9.49 Å². The van der Waals surface area contributed by atoms with Crippen LogP contribution in [-0.4, -0.2) is 41.7 Å². The number of nitrogens with zero attached hydrogens (tertiary/aromatic N) is 1. The number of hydroxylamine groups is 2. The van der Waals surface area contributed by atoms with Crippen molar-refractivity contribution < 1.29 is 24.1 Å². The van der Waals surface area contributed by atoms with Crippen molar-refractivity contribution in [3.05, 3.63) is 58.7 Å². The Bertz CT molecular complexity index is 974. The number of hydrazine groups is 1. The molecule has 0 radical (unpaired) electrons. The fraction of sp³-hybridized carbons (Fsp3) is 0.333. The van der Waals surface area contributed by atoms with Gasteiger partial charge in [-0.05, 0) is 63.0 Å². The molecule has 2 amide bonds. The highest BCUT2D eigenvalue weighted by Crippen LogP contribution is 2.22. The van der Waals surface area contributed by atoms with Gasteiger partial charge in [-0.15, -0.1) is 0 Å². The monoisotopic (exact) mass is 411 g/mol. The molecule has 9 heteroatoms. The third-order valence-electron chi connectivity index (χ3n) is 5.00. The lowest BCUT2D eigenvalue weighted by Crippen LogP contribution is -2.54. The molecular formula is C21H26BN3O5. The molecule has 0 saturated heterocycles. The van der Waals surface area contributed by atoms with Crippen LogP contribution in [0.2, 0.25) is 0 Å². The molecule has 1 aliphatic heterocycles. The molecule has 8 nitrogen and oxygen atoms in total. The summed E-state index contributed by atoms with van der Waals surface area (Å²) in [5.41, 5.74) is 7.29. The maximum Gasteiger partial charge on any atom is 0.509 e. The number of rotatable bonds is 3. The van der Waals surface area contributed by atoms with Gasteiger partial charge in [0.1, 0.15) is 5.75 Å². The Balaban J connectivity index is 1.70. The fourth-order valence-corrected chi connectivity index (χ4v) is 3.21. The average molecular weight is 411 g/mol. The minimum atomic E-state index is -1.17. The van der Waals surface area contributed by atoms with Gasteiger partial charge in [0.15, 0.2) is 0 Å². The molecule has 0 atom stereocenters. The molecule has 0 aromatic heterocycles. The number of fused-ring (bicyclic) bond motifs is 1. The molecule has 0 unspecified atom stereocenters. The van der Waals surface area contributed by atoms with E-state index in [9.17, 15) is 14.6 Å². The lowest BCUT2D eigenvalue weighted by atomic mass is 9.74. The highest BCUT2D eigenvalue weighted by atomic mass is 16.7. The van der Waals surface area contributed by atoms with E-state index in [1.54, 1.807) is 48.4 Å². The predicted octanol–water partition coefficient (Wildman–Crippen LogP) is 1.31. The van der Waals surface area contributed by atoms with E-state index in [2.05, 4.69) is 10.9 Å². The van der Waals surface area contributed by atoms with Crippen molar-refractivity contribution in [3.63, 3.8) is 0 Å². The Labute approximate surface area is 176 Å². The van der Waals surface area contributed by atoms with Crippen molar-refractivity contribution in [2.24, 2.45) is 0 Å². The number of hydrogen-bond donors (Lipinski definition) is 3. The molecule has 3 N–H and O–H groups in total. The summed E-state index contributed by atoms with van der Waals surface area (Å²) in [5.74, 6) is -0.374. The quantitative estimate of drug-likeness (QED) is 0.520. The van der Waals surface area contributed by atoms with Gasteiger partial charge in [0, 0.05) is 28.8 Å². The topological polar surface area (TPSA) is 100 Å². The van der Waals surface area contributed by atoms with Crippen molar-refractivity contribution in [2.45, 2.75) is 39.8 Å². The highest BCUT2D eigenvalue weighted by Gasteiger charge is 2.35. The van der Waals surface area contributed by atoms with Crippen molar-refractivity contribution >= 4 is 24.4 Å². The Kier molecular flexibility index (Phi) is 6.16. The van der Waals surface area contributed by atoms with Crippen LogP contribution < -0.4 is 21.1 Å². The minimum Gasteiger partial charge on any atom is -0.496 e. The third-order valence-corrected chi connectivity index (χ3v) is 5.00. The van der Waals surface area contributed by atoms with E-state index in [0.717, 1.165) is 5.56 Å². The molecule has 1 aliphatic rings. The van der Waals surface area contributed by atoms with Gasteiger partial charge in [-0.3, -0.25) is 20.4 Å². The molecule has 30 heavy (non-hydrogen) atoms. The number of nitrogens with one attached hydrogen (secondary N) is 2. The summed E-state index contributed by atoms with van der Waals surface area (Å²) in [6, 6.07) is 10.1. The number of amides is 2. The maximum absolute atomic E-state index is 12.5. The van der Waals surface area contributed by atoms with E-state index >= 15 is 0 Å². The molecule has 1 heterocycles. The van der Waals surface area contributed by atoms with Crippen molar-refractivity contribution in [1.29, 1.82) is 0 Å². The lowest BCUT2D eigenvalue weighted by Gasteiger charge is -2.39. The van der Waals surface area contributed by atoms with Crippen LogP contribution in [0, 0.1) is 6.92 Å². The molecule has 158 valence electrons. The molecule has 3 rings (SSSR count). The van der Waals surface area contributed by atoms with Gasteiger partial charge in [0.25, 0.3) is 11.8 Å². The fourth-order valence-electron chi connectivity index (χ4n) is 3.21. The molecular weight excluding hydrogens is 385 g/mol. The average Bonchev–Trinajstić information content (AvgIpc) is 2.71. The predicted molar refractivity (Wildman–Crippen MR) is 113 cm³/mol. The third kappa shape index (κ3) is 4.48. The van der Waals surface area contributed by atoms with Gasteiger partial charge in [0.2, 0.25) is 0 Å². The molecule has 0 saturated carbocycles. The van der Waals surface area contributed by atoms with Gasteiger partial charge in [-0.2, -0.15) is 5.06 Å². The first-order valence-corrected chi connectivity index (χ1v) is 9.61. The first kappa shape index (κ1) is 21.8. The summed E-state index contributed by atoms with van der Waals surface area (Å²) >= 11 is 0. The zero-order chi connectivity index (χ0) is 22.1. The smallest absolute Gasteiger partial charge is 0.496 e. The van der Waals surface area contributed by atoms with Crippen molar-refractivity contribution in [1.82, 2.24) is 15.9 Å². The SMILES string of the molecule is COc1cccc(C(=O)NNC(=O)c2ccc3c(c2)B(O)ON(C(C)(C)C)C3)c1C. The molecule has 0 bridgehead atoms. The normalized spacial score (nSPS) is 14.1. The van der Waals surface area contributed by atoms with Gasteiger partial charge >= 0.3 is 7.12 Å². The highest BCUT2D eigenvalue weighted by molar-refractivity contribution is 6.60. The first-order chi connectivity index (χ1) is 14.1. The van der Waals surface area contributed by atoms with E-state index < -0.39 is 18.9 Å². The van der Waals surface area contributed by atoms with Crippen molar-refractivity contribution in [2.75, 3.05) is 7.11 Å². The summed E-state index contributed by atoms with van der Waals surface area (Å²) in [5, 5.41) is 12.1. The number of carbonyl (C=O) groups excluding carboxylic acids is 2. The Morgan fingerprint density at radius 1 is 1.17 bits per heavy atom. The van der Waals surface area contributed by atoms with E-state index in [0.29, 0.717) is 34.4 Å². The molecule has 0 spiro atoms. The standard InChI is InChI=1S/C21H26BN3O5/c1-13-16(7-6-8-18(13)29-5)20(27)24-23-19(26)14-9-10-15-12-25(21(2,3)4)30-22(28)17(15)11-14/h6-11,28H,12H2,1-5H3,(H,23,26)(H,24,27). The second-order valence-corrected chi connectivity index (χ2v) is 8.12. The Hall–Kier alpha value is -2.88. The van der Waals surface area contributed by atoms with Crippen LogP contribution in [0.15, 0.2) is 36.4 Å². The summed E-state index contributed by atoms with van der Waals surface area (Å²) in [7, 11) is 0.357. The zero-order valence-corrected chi connectivity index (χ0v) is 17.8. The van der Waals surface area contributed by atoms with Gasteiger partial charge in [-0.1, -0.05) is 12.1 Å². The number of ether oxygens (including phenoxy) is 1. The summed E-state index contributed by atoms with van der Waals surface area (Å²) in [6.07, 6.45) is 0. The zero-order valence-electron chi connectivity index (χ0n) is 17.8. The molecule has 0 fully saturated rings. The molecule has 0 aliphatic carbocycles. The van der Waals surface area contributed by atoms with Crippen molar-refractivity contribution in [3.8, 4) is 5.75 Å². The van der Waals surface area contributed by atoms with Crippen LogP contribution in [0.25, 0.3) is 0 Å². The summed E-state index contributed by atoms with van der Waals surface area (Å²) < 4.78 is 10.8. The number of hydrogen-bond acceptors (Lipinski definition) is 6. The van der Waals surface area contributed by atoms with E-state index in [-0.39, 0.29) is 5.54 Å². The molecule has 2 aromatic rings. The van der Waals surface area contributed by atoms with Crippen LogP contribution in [0.3, 0.4) is 0 Å². The van der Waals surface area contributed by atoms with Gasteiger partial charge < -0.3 is 14.5 Å². The maximum atomic E-state index is 12.5. The minimum absolute atomic E-state index is 0.281. The first-order valence-electron chi connectivity index (χ1n) is 9.61. The van der Waals surface area contributed by atoms with Gasteiger partial charge in [0.05, 0.1) is 7.11 Å². The number of benzene rings is 2. The Morgan fingerprint density at radius 2 is 1.87 bits per heavy atom. The largest absolute Gasteiger partial charge is 0.509 e. The lowest BCUT2D eigenvalue weighted by molar-refractivity contribution is -0.151. The molecule has 2 aromatic carbocycles. The van der Waals surface area contributed by atoms with Crippen LogP contribution in [0.4, 0.5) is 0 Å².